The minimum atomic E-state index is 0.645. The van der Waals surface area contributed by atoms with Crippen molar-refractivity contribution in [3.05, 3.63) is 11.7 Å². The Morgan fingerprint density at radius 3 is 3.00 bits per heavy atom. The highest BCUT2D eigenvalue weighted by Crippen LogP contribution is 2.16. The highest BCUT2D eigenvalue weighted by atomic mass is 16.5. The maximum atomic E-state index is 5.23. The molecule has 90 valence electrons. The zero-order valence-electron chi connectivity index (χ0n) is 9.74. The second-order valence-corrected chi connectivity index (χ2v) is 4.24. The van der Waals surface area contributed by atoms with Crippen LogP contribution < -0.4 is 5.32 Å². The first-order chi connectivity index (χ1) is 7.88. The van der Waals surface area contributed by atoms with E-state index in [1.807, 2.05) is 0 Å². The Morgan fingerprint density at radius 2 is 2.25 bits per heavy atom. The molecule has 1 saturated heterocycles. The molecule has 0 aliphatic carbocycles. The molecule has 1 aromatic heterocycles. The molecule has 1 aliphatic heterocycles. The van der Waals surface area contributed by atoms with Gasteiger partial charge in [-0.3, -0.25) is 0 Å². The predicted molar refractivity (Wildman–Crippen MR) is 59.2 cm³/mol. The van der Waals surface area contributed by atoms with E-state index in [0.717, 1.165) is 37.6 Å². The lowest BCUT2D eigenvalue weighted by molar-refractivity contribution is 0.199. The molecular formula is C11H19N3O2. The topological polar surface area (TPSA) is 60.2 Å². The van der Waals surface area contributed by atoms with Crippen molar-refractivity contribution in [2.24, 2.45) is 5.92 Å². The summed E-state index contributed by atoms with van der Waals surface area (Å²) in [5, 5.41) is 7.29. The maximum Gasteiger partial charge on any atom is 0.226 e. The Morgan fingerprint density at radius 1 is 1.44 bits per heavy atom. The summed E-state index contributed by atoms with van der Waals surface area (Å²) < 4.78 is 10.2. The highest BCUT2D eigenvalue weighted by molar-refractivity contribution is 4.89. The SMILES string of the molecule is COCCc1noc(CC2CCNCC2)n1. The van der Waals surface area contributed by atoms with Crippen LogP contribution in [0.3, 0.4) is 0 Å². The molecule has 2 rings (SSSR count). The quantitative estimate of drug-likeness (QED) is 0.803. The molecule has 0 bridgehead atoms. The predicted octanol–water partition coefficient (Wildman–Crippen LogP) is 0.801. The first-order valence-electron chi connectivity index (χ1n) is 5.89. The molecule has 0 saturated carbocycles. The monoisotopic (exact) mass is 225 g/mol. The standard InChI is InChI=1S/C11H19N3O2/c1-15-7-4-10-13-11(16-14-10)8-9-2-5-12-6-3-9/h9,12H,2-8H2,1H3. The van der Waals surface area contributed by atoms with Crippen LogP contribution in [0, 0.1) is 5.92 Å². The Hall–Kier alpha value is -0.940. The van der Waals surface area contributed by atoms with Crippen LogP contribution in [-0.4, -0.2) is 36.9 Å². The summed E-state index contributed by atoms with van der Waals surface area (Å²) in [5.41, 5.74) is 0. The number of nitrogens with zero attached hydrogens (tertiary/aromatic N) is 2. The molecule has 0 radical (unpaired) electrons. The van der Waals surface area contributed by atoms with Crippen molar-refractivity contribution in [3.8, 4) is 0 Å². The van der Waals surface area contributed by atoms with Gasteiger partial charge in [-0.2, -0.15) is 4.98 Å². The van der Waals surface area contributed by atoms with Crippen molar-refractivity contribution in [2.45, 2.75) is 25.7 Å². The van der Waals surface area contributed by atoms with Crippen molar-refractivity contribution < 1.29 is 9.26 Å². The number of piperidine rings is 1. The van der Waals surface area contributed by atoms with Gasteiger partial charge in [0.25, 0.3) is 0 Å². The van der Waals surface area contributed by atoms with E-state index in [4.69, 9.17) is 9.26 Å². The minimum absolute atomic E-state index is 0.645. The fraction of sp³-hybridized carbons (Fsp3) is 0.818. The molecule has 5 heteroatoms. The van der Waals surface area contributed by atoms with Crippen molar-refractivity contribution in [2.75, 3.05) is 26.8 Å². The number of hydrogen-bond acceptors (Lipinski definition) is 5. The number of nitrogens with one attached hydrogen (secondary N) is 1. The van der Waals surface area contributed by atoms with Gasteiger partial charge in [-0.05, 0) is 31.8 Å². The summed E-state index contributed by atoms with van der Waals surface area (Å²) >= 11 is 0. The number of ether oxygens (including phenoxy) is 1. The van der Waals surface area contributed by atoms with Crippen LogP contribution in [0.15, 0.2) is 4.52 Å². The van der Waals surface area contributed by atoms with Crippen LogP contribution >= 0.6 is 0 Å². The number of methoxy groups -OCH3 is 1. The van der Waals surface area contributed by atoms with Gasteiger partial charge in [-0.15, -0.1) is 0 Å². The van der Waals surface area contributed by atoms with Crippen LogP contribution in [0.1, 0.15) is 24.6 Å². The molecule has 5 nitrogen and oxygen atoms in total. The number of aromatic nitrogens is 2. The molecule has 0 amide bonds. The first kappa shape index (κ1) is 11.5. The largest absolute Gasteiger partial charge is 0.384 e. The van der Waals surface area contributed by atoms with Gasteiger partial charge < -0.3 is 14.6 Å². The van der Waals surface area contributed by atoms with E-state index in [-0.39, 0.29) is 0 Å². The summed E-state index contributed by atoms with van der Waals surface area (Å²) in [6.07, 6.45) is 4.06. The summed E-state index contributed by atoms with van der Waals surface area (Å²) in [5.74, 6) is 2.22. The molecule has 0 spiro atoms. The molecule has 1 aliphatic rings. The van der Waals surface area contributed by atoms with Crippen LogP contribution in [0.2, 0.25) is 0 Å². The fourth-order valence-electron chi connectivity index (χ4n) is 2.00. The van der Waals surface area contributed by atoms with E-state index in [1.54, 1.807) is 7.11 Å². The maximum absolute atomic E-state index is 5.23. The fourth-order valence-corrected chi connectivity index (χ4v) is 2.00. The molecule has 1 fully saturated rings. The Labute approximate surface area is 95.6 Å². The zero-order chi connectivity index (χ0) is 11.2. The number of hydrogen-bond donors (Lipinski definition) is 1. The average molecular weight is 225 g/mol. The van der Waals surface area contributed by atoms with Crippen molar-refractivity contribution >= 4 is 0 Å². The first-order valence-corrected chi connectivity index (χ1v) is 5.89. The van der Waals surface area contributed by atoms with E-state index >= 15 is 0 Å². The summed E-state index contributed by atoms with van der Waals surface area (Å²) in [6.45, 7) is 2.86. The average Bonchev–Trinajstić information content (AvgIpc) is 2.75. The van der Waals surface area contributed by atoms with Crippen LogP contribution in [0.4, 0.5) is 0 Å². The third-order valence-corrected chi connectivity index (χ3v) is 2.96. The molecular weight excluding hydrogens is 206 g/mol. The third kappa shape index (κ3) is 3.28. The lowest BCUT2D eigenvalue weighted by Crippen LogP contribution is -2.28. The smallest absolute Gasteiger partial charge is 0.226 e. The zero-order valence-corrected chi connectivity index (χ0v) is 9.74. The summed E-state index contributed by atoms with van der Waals surface area (Å²) in [4.78, 5) is 4.36. The minimum Gasteiger partial charge on any atom is -0.384 e. The van der Waals surface area contributed by atoms with Gasteiger partial charge in [0, 0.05) is 20.0 Å². The molecule has 0 unspecified atom stereocenters. The summed E-state index contributed by atoms with van der Waals surface area (Å²) in [6, 6.07) is 0. The lowest BCUT2D eigenvalue weighted by atomic mass is 9.95. The van der Waals surface area contributed by atoms with Gasteiger partial charge in [-0.1, -0.05) is 5.16 Å². The Kier molecular flexibility index (Phi) is 4.30. The van der Waals surface area contributed by atoms with Gasteiger partial charge in [-0.25, -0.2) is 0 Å². The van der Waals surface area contributed by atoms with Gasteiger partial charge in [0.1, 0.15) is 0 Å². The van der Waals surface area contributed by atoms with Gasteiger partial charge in [0.15, 0.2) is 5.82 Å². The summed E-state index contributed by atoms with van der Waals surface area (Å²) in [7, 11) is 1.68. The normalized spacial score (nSPS) is 17.8. The Balaban J connectivity index is 1.81. The van der Waals surface area contributed by atoms with Crippen LogP contribution in [-0.2, 0) is 17.6 Å². The second kappa shape index (κ2) is 5.96. The molecule has 0 aromatic carbocycles. The highest BCUT2D eigenvalue weighted by Gasteiger charge is 2.17. The Bertz CT molecular complexity index is 308. The molecule has 16 heavy (non-hydrogen) atoms. The van der Waals surface area contributed by atoms with Gasteiger partial charge in [0.05, 0.1) is 6.61 Å². The molecule has 2 heterocycles. The second-order valence-electron chi connectivity index (χ2n) is 4.24. The van der Waals surface area contributed by atoms with Crippen LogP contribution in [0.25, 0.3) is 0 Å². The van der Waals surface area contributed by atoms with Crippen molar-refractivity contribution in [3.63, 3.8) is 0 Å². The van der Waals surface area contributed by atoms with Crippen molar-refractivity contribution in [1.82, 2.24) is 15.5 Å². The van der Waals surface area contributed by atoms with Gasteiger partial charge in [0.2, 0.25) is 5.89 Å². The van der Waals surface area contributed by atoms with E-state index < -0.39 is 0 Å². The number of rotatable bonds is 5. The lowest BCUT2D eigenvalue weighted by Gasteiger charge is -2.20. The van der Waals surface area contributed by atoms with E-state index in [1.165, 1.54) is 12.8 Å². The van der Waals surface area contributed by atoms with Crippen molar-refractivity contribution in [1.29, 1.82) is 0 Å². The molecule has 0 atom stereocenters. The van der Waals surface area contributed by atoms with E-state index in [2.05, 4.69) is 15.5 Å². The van der Waals surface area contributed by atoms with E-state index in [0.29, 0.717) is 12.5 Å². The van der Waals surface area contributed by atoms with Crippen LogP contribution in [0.5, 0.6) is 0 Å². The van der Waals surface area contributed by atoms with Gasteiger partial charge >= 0.3 is 0 Å². The molecule has 1 N–H and O–H groups in total. The molecule has 1 aromatic rings. The van der Waals surface area contributed by atoms with E-state index in [9.17, 15) is 0 Å². The third-order valence-electron chi connectivity index (χ3n) is 2.96.